The van der Waals surface area contributed by atoms with Crippen molar-refractivity contribution in [2.24, 2.45) is 0 Å². The maximum Gasteiger partial charge on any atom is 0.119 e. The minimum atomic E-state index is 0.0209. The molecule has 2 rings (SSSR count). The van der Waals surface area contributed by atoms with Crippen LogP contribution < -0.4 is 4.74 Å². The molecule has 1 heteroatoms. The molecule has 0 amide bonds. The summed E-state index contributed by atoms with van der Waals surface area (Å²) in [7, 11) is 0. The number of rotatable bonds is 3. The molecule has 1 aromatic rings. The van der Waals surface area contributed by atoms with Crippen molar-refractivity contribution in [3.8, 4) is 18.1 Å². The third-order valence-electron chi connectivity index (χ3n) is 2.72. The monoisotopic (exact) mass is 186 g/mol. The van der Waals surface area contributed by atoms with Crippen molar-refractivity contribution in [2.45, 2.75) is 25.2 Å². The van der Waals surface area contributed by atoms with Crippen LogP contribution in [0.3, 0.4) is 0 Å². The second kappa shape index (κ2) is 3.38. The van der Waals surface area contributed by atoms with Crippen LogP contribution >= 0.6 is 0 Å². The lowest BCUT2D eigenvalue weighted by Crippen LogP contribution is -2.02. The molecule has 0 heterocycles. The molecule has 1 fully saturated rings. The zero-order valence-electron chi connectivity index (χ0n) is 8.42. The first-order valence-corrected chi connectivity index (χ1v) is 5.02. The summed E-state index contributed by atoms with van der Waals surface area (Å²) in [4.78, 5) is 0. The van der Waals surface area contributed by atoms with Gasteiger partial charge in [-0.1, -0.05) is 18.1 Å². The molecule has 0 spiro atoms. The van der Waals surface area contributed by atoms with Gasteiger partial charge >= 0.3 is 0 Å². The van der Waals surface area contributed by atoms with Crippen molar-refractivity contribution in [2.75, 3.05) is 6.61 Å². The van der Waals surface area contributed by atoms with Gasteiger partial charge in [-0.25, -0.2) is 0 Å². The maximum atomic E-state index is 5.53. The van der Waals surface area contributed by atoms with E-state index in [0.717, 1.165) is 18.6 Å². The molecule has 1 saturated carbocycles. The van der Waals surface area contributed by atoms with E-state index in [2.05, 4.69) is 18.1 Å². The van der Waals surface area contributed by atoms with Crippen LogP contribution in [0.4, 0.5) is 0 Å². The van der Waals surface area contributed by atoms with E-state index in [-0.39, 0.29) is 5.41 Å². The lowest BCUT2D eigenvalue weighted by molar-refractivity contribution is 0.340. The SMILES string of the molecule is C#CC1(c2cccc(OCC)c2)CC1. The third-order valence-corrected chi connectivity index (χ3v) is 2.72. The molecule has 0 aliphatic heterocycles. The van der Waals surface area contributed by atoms with Gasteiger partial charge in [0.2, 0.25) is 0 Å². The first-order chi connectivity index (χ1) is 6.80. The van der Waals surface area contributed by atoms with Crippen LogP contribution in [0.2, 0.25) is 0 Å². The fourth-order valence-electron chi connectivity index (χ4n) is 1.69. The van der Waals surface area contributed by atoms with Gasteiger partial charge in [0.25, 0.3) is 0 Å². The molecule has 0 saturated heterocycles. The van der Waals surface area contributed by atoms with Crippen molar-refractivity contribution in [1.82, 2.24) is 0 Å². The van der Waals surface area contributed by atoms with Crippen molar-refractivity contribution < 1.29 is 4.74 Å². The number of hydrogen-bond acceptors (Lipinski definition) is 1. The minimum absolute atomic E-state index is 0.0209. The van der Waals surface area contributed by atoms with Crippen LogP contribution in [0.15, 0.2) is 24.3 Å². The Morgan fingerprint density at radius 2 is 2.29 bits per heavy atom. The van der Waals surface area contributed by atoms with Crippen molar-refractivity contribution in [3.63, 3.8) is 0 Å². The summed E-state index contributed by atoms with van der Waals surface area (Å²) in [6.45, 7) is 2.69. The lowest BCUT2D eigenvalue weighted by atomic mass is 9.97. The number of ether oxygens (including phenoxy) is 1. The quantitative estimate of drug-likeness (QED) is 0.659. The number of terminal acetylenes is 1. The Hall–Kier alpha value is -1.42. The predicted octanol–water partition coefficient (Wildman–Crippen LogP) is 2.75. The zero-order valence-corrected chi connectivity index (χ0v) is 8.42. The maximum absolute atomic E-state index is 5.53. The Kier molecular flexibility index (Phi) is 2.21. The van der Waals surface area contributed by atoms with Gasteiger partial charge in [0.1, 0.15) is 5.75 Å². The summed E-state index contributed by atoms with van der Waals surface area (Å²) in [5.41, 5.74) is 1.25. The molecule has 0 aromatic heterocycles. The molecule has 0 N–H and O–H groups in total. The molecule has 0 bridgehead atoms. The summed E-state index contributed by atoms with van der Waals surface area (Å²) >= 11 is 0. The van der Waals surface area contributed by atoms with Gasteiger partial charge < -0.3 is 4.74 Å². The number of benzene rings is 1. The molecule has 72 valence electrons. The van der Waals surface area contributed by atoms with Crippen LogP contribution in [0, 0.1) is 12.3 Å². The first-order valence-electron chi connectivity index (χ1n) is 5.02. The molecule has 1 aliphatic carbocycles. The third kappa shape index (κ3) is 1.48. The Balaban J connectivity index is 2.27. The Morgan fingerprint density at radius 3 is 2.86 bits per heavy atom. The summed E-state index contributed by atoms with van der Waals surface area (Å²) < 4.78 is 5.45. The summed E-state index contributed by atoms with van der Waals surface area (Å²) in [5, 5.41) is 0. The van der Waals surface area contributed by atoms with Crippen LogP contribution in [-0.4, -0.2) is 6.61 Å². The lowest BCUT2D eigenvalue weighted by Gasteiger charge is -2.10. The van der Waals surface area contributed by atoms with Crippen LogP contribution in [0.5, 0.6) is 5.75 Å². The smallest absolute Gasteiger partial charge is 0.119 e. The molecule has 14 heavy (non-hydrogen) atoms. The van der Waals surface area contributed by atoms with E-state index in [1.165, 1.54) is 5.56 Å². The van der Waals surface area contributed by atoms with Gasteiger partial charge in [0.05, 0.1) is 12.0 Å². The second-order valence-electron chi connectivity index (χ2n) is 3.69. The average Bonchev–Trinajstić information content (AvgIpc) is 2.99. The van der Waals surface area contributed by atoms with E-state index in [9.17, 15) is 0 Å². The predicted molar refractivity (Wildman–Crippen MR) is 57.4 cm³/mol. The van der Waals surface area contributed by atoms with E-state index in [1.54, 1.807) is 0 Å². The Labute approximate surface area is 85.1 Å². The highest BCUT2D eigenvalue weighted by Gasteiger charge is 2.42. The Morgan fingerprint density at radius 1 is 1.50 bits per heavy atom. The van der Waals surface area contributed by atoms with Crippen molar-refractivity contribution in [1.29, 1.82) is 0 Å². The van der Waals surface area contributed by atoms with Gasteiger partial charge in [-0.05, 0) is 37.5 Å². The molecule has 0 atom stereocenters. The highest BCUT2D eigenvalue weighted by molar-refractivity contribution is 5.43. The fourth-order valence-corrected chi connectivity index (χ4v) is 1.69. The normalized spacial score (nSPS) is 17.1. The summed E-state index contributed by atoms with van der Waals surface area (Å²) in [6, 6.07) is 8.14. The standard InChI is InChI=1S/C13H14O/c1-3-13(8-9-13)11-6-5-7-12(10-11)14-4-2/h1,5-7,10H,4,8-9H2,2H3. The highest BCUT2D eigenvalue weighted by atomic mass is 16.5. The fraction of sp³-hybridized carbons (Fsp3) is 0.385. The van der Waals surface area contributed by atoms with Crippen molar-refractivity contribution in [3.05, 3.63) is 29.8 Å². The van der Waals surface area contributed by atoms with Gasteiger partial charge in [-0.2, -0.15) is 0 Å². The van der Waals surface area contributed by atoms with Crippen LogP contribution in [-0.2, 0) is 5.41 Å². The Bertz CT molecular complexity index is 369. The van der Waals surface area contributed by atoms with E-state index < -0.39 is 0 Å². The molecular weight excluding hydrogens is 172 g/mol. The van der Waals surface area contributed by atoms with E-state index >= 15 is 0 Å². The molecule has 0 radical (unpaired) electrons. The van der Waals surface area contributed by atoms with E-state index in [1.807, 2.05) is 19.1 Å². The van der Waals surface area contributed by atoms with Gasteiger partial charge in [0.15, 0.2) is 0 Å². The topological polar surface area (TPSA) is 9.23 Å². The van der Waals surface area contributed by atoms with Crippen LogP contribution in [0.1, 0.15) is 25.3 Å². The molecule has 0 unspecified atom stereocenters. The van der Waals surface area contributed by atoms with Gasteiger partial charge in [0, 0.05) is 0 Å². The minimum Gasteiger partial charge on any atom is -0.494 e. The van der Waals surface area contributed by atoms with Gasteiger partial charge in [-0.15, -0.1) is 6.42 Å². The molecule has 1 aliphatic rings. The second-order valence-corrected chi connectivity index (χ2v) is 3.69. The molecule has 1 aromatic carbocycles. The van der Waals surface area contributed by atoms with Crippen molar-refractivity contribution >= 4 is 0 Å². The zero-order chi connectivity index (χ0) is 10.0. The first kappa shape index (κ1) is 9.15. The highest BCUT2D eigenvalue weighted by Crippen LogP contribution is 2.48. The summed E-state index contributed by atoms with van der Waals surface area (Å²) in [5.74, 6) is 3.81. The van der Waals surface area contributed by atoms with Gasteiger partial charge in [-0.3, -0.25) is 0 Å². The summed E-state index contributed by atoms with van der Waals surface area (Å²) in [6.07, 6.45) is 7.75. The largest absolute Gasteiger partial charge is 0.494 e. The number of hydrogen-bond donors (Lipinski definition) is 0. The molecular formula is C13H14O. The molecule has 1 nitrogen and oxygen atoms in total. The van der Waals surface area contributed by atoms with E-state index in [0.29, 0.717) is 6.61 Å². The average molecular weight is 186 g/mol. The van der Waals surface area contributed by atoms with E-state index in [4.69, 9.17) is 11.2 Å². The van der Waals surface area contributed by atoms with Crippen LogP contribution in [0.25, 0.3) is 0 Å².